The van der Waals surface area contributed by atoms with E-state index in [0.717, 1.165) is 5.56 Å². The van der Waals surface area contributed by atoms with Crippen LogP contribution in [0.4, 0.5) is 5.69 Å². The van der Waals surface area contributed by atoms with E-state index in [4.69, 9.17) is 0 Å². The van der Waals surface area contributed by atoms with E-state index < -0.39 is 16.1 Å². The van der Waals surface area contributed by atoms with Crippen molar-refractivity contribution in [2.45, 2.75) is 33.2 Å². The second kappa shape index (κ2) is 6.11. The summed E-state index contributed by atoms with van der Waals surface area (Å²) in [4.78, 5) is 16.5. The molecule has 0 bridgehead atoms. The number of aromatic nitrogens is 1. The molecule has 1 atom stereocenters. The highest BCUT2D eigenvalue weighted by Crippen LogP contribution is 2.23. The van der Waals surface area contributed by atoms with Crippen LogP contribution in [-0.4, -0.2) is 42.0 Å². The Hall–Kier alpha value is -1.47. The summed E-state index contributed by atoms with van der Waals surface area (Å²) in [6, 6.07) is 1.12. The van der Waals surface area contributed by atoms with Gasteiger partial charge in [-0.25, -0.2) is 8.42 Å². The van der Waals surface area contributed by atoms with Crippen molar-refractivity contribution in [3.05, 3.63) is 24.0 Å². The van der Waals surface area contributed by atoms with Crippen LogP contribution in [0.2, 0.25) is 0 Å². The van der Waals surface area contributed by atoms with Crippen LogP contribution in [0.1, 0.15) is 25.8 Å². The maximum Gasteiger partial charge on any atom is 0.243 e. The third kappa shape index (κ3) is 3.59. The van der Waals surface area contributed by atoms with Crippen LogP contribution < -0.4 is 5.32 Å². The Morgan fingerprint density at radius 3 is 2.62 bits per heavy atom. The lowest BCUT2D eigenvalue weighted by Gasteiger charge is -2.28. The van der Waals surface area contributed by atoms with Crippen molar-refractivity contribution in [1.29, 1.82) is 0 Å². The summed E-state index contributed by atoms with van der Waals surface area (Å²) in [6.07, 6.45) is 3.83. The molecule has 0 radical (unpaired) electrons. The first kappa shape index (κ1) is 15.9. The number of carbonyl (C=O) groups excluding carboxylic acids is 1. The van der Waals surface area contributed by atoms with E-state index >= 15 is 0 Å². The zero-order valence-electron chi connectivity index (χ0n) is 12.5. The van der Waals surface area contributed by atoms with E-state index in [9.17, 15) is 13.2 Å². The van der Waals surface area contributed by atoms with E-state index in [2.05, 4.69) is 10.3 Å². The first-order valence-corrected chi connectivity index (χ1v) is 8.64. The van der Waals surface area contributed by atoms with Gasteiger partial charge in [0, 0.05) is 12.7 Å². The lowest BCUT2D eigenvalue weighted by Crippen LogP contribution is -2.48. The van der Waals surface area contributed by atoms with Crippen molar-refractivity contribution in [3.63, 3.8) is 0 Å². The summed E-state index contributed by atoms with van der Waals surface area (Å²) in [5, 5.41) is 2.77. The molecule has 1 aliphatic rings. The number of pyridine rings is 1. The van der Waals surface area contributed by atoms with Gasteiger partial charge in [-0.2, -0.15) is 4.31 Å². The normalized spacial score (nSPS) is 19.6. The van der Waals surface area contributed by atoms with Gasteiger partial charge in [0.05, 0.1) is 17.6 Å². The third-order valence-electron chi connectivity index (χ3n) is 3.49. The Kier molecular flexibility index (Phi) is 4.63. The van der Waals surface area contributed by atoms with E-state index in [1.54, 1.807) is 18.5 Å². The zero-order chi connectivity index (χ0) is 15.6. The second-order valence-corrected chi connectivity index (χ2v) is 7.75. The summed E-state index contributed by atoms with van der Waals surface area (Å²) in [6.45, 7) is 6.00. The number of anilines is 1. The van der Waals surface area contributed by atoms with E-state index in [0.29, 0.717) is 18.7 Å². The second-order valence-electron chi connectivity index (χ2n) is 5.71. The molecule has 7 heteroatoms. The summed E-state index contributed by atoms with van der Waals surface area (Å²) in [5.74, 6) is -0.284. The molecule has 1 aliphatic heterocycles. The molecule has 2 rings (SSSR count). The molecule has 6 nitrogen and oxygen atoms in total. The number of carbonyl (C=O) groups is 1. The number of hydrogen-bond donors (Lipinski definition) is 1. The molecule has 21 heavy (non-hydrogen) atoms. The third-order valence-corrected chi connectivity index (χ3v) is 5.42. The Bertz CT molecular complexity index is 628. The van der Waals surface area contributed by atoms with Gasteiger partial charge in [0.1, 0.15) is 6.04 Å². The molecule has 0 aromatic carbocycles. The Morgan fingerprint density at radius 2 is 2.10 bits per heavy atom. The first-order chi connectivity index (χ1) is 9.81. The minimum absolute atomic E-state index is 0.101. The van der Waals surface area contributed by atoms with Crippen LogP contribution in [0.5, 0.6) is 0 Å². The molecule has 116 valence electrons. The van der Waals surface area contributed by atoms with Gasteiger partial charge in [0.2, 0.25) is 15.9 Å². The number of hydrogen-bond acceptors (Lipinski definition) is 4. The topological polar surface area (TPSA) is 79.4 Å². The van der Waals surface area contributed by atoms with Gasteiger partial charge in [-0.05, 0) is 30.9 Å². The van der Waals surface area contributed by atoms with Gasteiger partial charge >= 0.3 is 0 Å². The standard InChI is InChI=1S/C14H21N3O3S/c1-10(2)13(17-5-4-6-21(17,19)20)14(18)16-12-7-11(3)8-15-9-12/h7-10,13H,4-6H2,1-3H3,(H,16,18). The SMILES string of the molecule is Cc1cncc(NC(=O)C(C(C)C)N2CCCS2(=O)=O)c1. The van der Waals surface area contributed by atoms with Crippen molar-refractivity contribution in [2.24, 2.45) is 5.92 Å². The molecule has 0 saturated carbocycles. The van der Waals surface area contributed by atoms with Crippen LogP contribution in [0.25, 0.3) is 0 Å². The van der Waals surface area contributed by atoms with E-state index in [-0.39, 0.29) is 17.6 Å². The molecule has 1 aromatic rings. The van der Waals surface area contributed by atoms with Gasteiger partial charge in [0.15, 0.2) is 0 Å². The fourth-order valence-electron chi connectivity index (χ4n) is 2.58. The molecule has 0 spiro atoms. The number of nitrogens with one attached hydrogen (secondary N) is 1. The van der Waals surface area contributed by atoms with Crippen molar-refractivity contribution < 1.29 is 13.2 Å². The minimum Gasteiger partial charge on any atom is -0.323 e. The molecular formula is C14H21N3O3S. The van der Waals surface area contributed by atoms with Crippen LogP contribution in [0, 0.1) is 12.8 Å². The van der Waals surface area contributed by atoms with Gasteiger partial charge in [0.25, 0.3) is 0 Å². The fraction of sp³-hybridized carbons (Fsp3) is 0.571. The first-order valence-electron chi connectivity index (χ1n) is 7.03. The number of rotatable bonds is 4. The maximum atomic E-state index is 12.5. The van der Waals surface area contributed by atoms with E-state index in [1.165, 1.54) is 4.31 Å². The number of amides is 1. The number of aryl methyl sites for hydroxylation is 1. The van der Waals surface area contributed by atoms with Gasteiger partial charge < -0.3 is 5.32 Å². The average Bonchev–Trinajstić information content (AvgIpc) is 2.69. The monoisotopic (exact) mass is 311 g/mol. The zero-order valence-corrected chi connectivity index (χ0v) is 13.4. The summed E-state index contributed by atoms with van der Waals surface area (Å²) in [5.41, 5.74) is 1.52. The average molecular weight is 311 g/mol. The lowest BCUT2D eigenvalue weighted by atomic mass is 10.0. The van der Waals surface area contributed by atoms with Crippen molar-refractivity contribution >= 4 is 21.6 Å². The highest BCUT2D eigenvalue weighted by Gasteiger charge is 2.39. The predicted molar refractivity (Wildman–Crippen MR) is 81.3 cm³/mol. The lowest BCUT2D eigenvalue weighted by molar-refractivity contribution is -0.120. The molecule has 1 fully saturated rings. The molecule has 1 amide bonds. The molecule has 1 unspecified atom stereocenters. The molecular weight excluding hydrogens is 290 g/mol. The Balaban J connectivity index is 2.21. The highest BCUT2D eigenvalue weighted by molar-refractivity contribution is 7.89. The molecule has 1 aromatic heterocycles. The van der Waals surface area contributed by atoms with Crippen LogP contribution in [0.15, 0.2) is 18.5 Å². The minimum atomic E-state index is -3.32. The molecule has 2 heterocycles. The largest absolute Gasteiger partial charge is 0.323 e. The van der Waals surface area contributed by atoms with Crippen LogP contribution in [0.3, 0.4) is 0 Å². The molecule has 0 aliphatic carbocycles. The van der Waals surface area contributed by atoms with Crippen LogP contribution >= 0.6 is 0 Å². The Labute approximate surface area is 125 Å². The summed E-state index contributed by atoms with van der Waals surface area (Å²) >= 11 is 0. The van der Waals surface area contributed by atoms with Crippen molar-refractivity contribution in [2.75, 3.05) is 17.6 Å². The van der Waals surface area contributed by atoms with Gasteiger partial charge in [-0.3, -0.25) is 9.78 Å². The van der Waals surface area contributed by atoms with Crippen LogP contribution in [-0.2, 0) is 14.8 Å². The predicted octanol–water partition coefficient (Wildman–Crippen LogP) is 1.39. The quantitative estimate of drug-likeness (QED) is 0.911. The van der Waals surface area contributed by atoms with Crippen molar-refractivity contribution in [3.8, 4) is 0 Å². The number of sulfonamides is 1. The Morgan fingerprint density at radius 1 is 1.38 bits per heavy atom. The smallest absolute Gasteiger partial charge is 0.243 e. The van der Waals surface area contributed by atoms with Crippen molar-refractivity contribution in [1.82, 2.24) is 9.29 Å². The maximum absolute atomic E-state index is 12.5. The van der Waals surface area contributed by atoms with Gasteiger partial charge in [-0.15, -0.1) is 0 Å². The molecule has 1 saturated heterocycles. The number of nitrogens with zero attached hydrogens (tertiary/aromatic N) is 2. The highest BCUT2D eigenvalue weighted by atomic mass is 32.2. The molecule has 1 N–H and O–H groups in total. The fourth-order valence-corrected chi connectivity index (χ4v) is 4.40. The van der Waals surface area contributed by atoms with E-state index in [1.807, 2.05) is 20.8 Å². The summed E-state index contributed by atoms with van der Waals surface area (Å²) in [7, 11) is -3.32. The van der Waals surface area contributed by atoms with Gasteiger partial charge in [-0.1, -0.05) is 13.8 Å². The summed E-state index contributed by atoms with van der Waals surface area (Å²) < 4.78 is 25.4.